The van der Waals surface area contributed by atoms with Crippen LogP contribution in [0.25, 0.3) is 0 Å². The normalized spacial score (nSPS) is 10.6. The van der Waals surface area contributed by atoms with Crippen molar-refractivity contribution in [3.63, 3.8) is 0 Å². The Labute approximate surface area is 129 Å². The molecule has 106 valence electrons. The Kier molecular flexibility index (Phi) is 5.07. The van der Waals surface area contributed by atoms with Crippen LogP contribution in [0.2, 0.25) is 0 Å². The van der Waals surface area contributed by atoms with Gasteiger partial charge in [-0.2, -0.15) is 0 Å². The second kappa shape index (κ2) is 6.80. The fourth-order valence-corrected chi connectivity index (χ4v) is 2.61. The highest BCUT2D eigenvalue weighted by Crippen LogP contribution is 2.26. The monoisotopic (exact) mass is 332 g/mol. The maximum absolute atomic E-state index is 6.06. The summed E-state index contributed by atoms with van der Waals surface area (Å²) >= 11 is 3.44. The number of aryl methyl sites for hydroxylation is 1. The third-order valence-electron chi connectivity index (χ3n) is 3.57. The van der Waals surface area contributed by atoms with Gasteiger partial charge in [-0.15, -0.1) is 0 Å². The summed E-state index contributed by atoms with van der Waals surface area (Å²) in [6, 6.07) is 14.9. The van der Waals surface area contributed by atoms with Crippen molar-refractivity contribution in [1.82, 2.24) is 0 Å². The molecule has 3 heteroatoms. The van der Waals surface area contributed by atoms with Crippen LogP contribution in [0.15, 0.2) is 46.9 Å². The minimum Gasteiger partial charge on any atom is -0.397 e. The van der Waals surface area contributed by atoms with Crippen LogP contribution in [0.1, 0.15) is 18.1 Å². The van der Waals surface area contributed by atoms with Crippen molar-refractivity contribution in [2.75, 3.05) is 24.2 Å². The first-order valence-corrected chi connectivity index (χ1v) is 7.73. The lowest BCUT2D eigenvalue weighted by Crippen LogP contribution is -2.21. The first kappa shape index (κ1) is 14.9. The van der Waals surface area contributed by atoms with E-state index in [9.17, 15) is 0 Å². The predicted molar refractivity (Wildman–Crippen MR) is 91.3 cm³/mol. The number of benzene rings is 2. The van der Waals surface area contributed by atoms with Crippen molar-refractivity contribution < 1.29 is 0 Å². The molecule has 2 aromatic rings. The maximum atomic E-state index is 6.06. The summed E-state index contributed by atoms with van der Waals surface area (Å²) in [6.45, 7) is 3.14. The first-order valence-electron chi connectivity index (χ1n) is 6.94. The zero-order valence-corrected chi connectivity index (χ0v) is 13.7. The SMILES string of the molecule is CCc1ccc(CCN(C)c2ccc(Br)cc2N)cc1. The lowest BCUT2D eigenvalue weighted by molar-refractivity contribution is 0.877. The highest BCUT2D eigenvalue weighted by atomic mass is 79.9. The van der Waals surface area contributed by atoms with E-state index in [0.29, 0.717) is 0 Å². The summed E-state index contributed by atoms with van der Waals surface area (Å²) in [5, 5.41) is 0. The van der Waals surface area contributed by atoms with Crippen LogP contribution in [0, 0.1) is 0 Å². The number of hydrogen-bond donors (Lipinski definition) is 1. The summed E-state index contributed by atoms with van der Waals surface area (Å²) in [5.41, 5.74) is 10.7. The Hall–Kier alpha value is -1.48. The zero-order chi connectivity index (χ0) is 14.5. The number of hydrogen-bond acceptors (Lipinski definition) is 2. The number of likely N-dealkylation sites (N-methyl/N-ethyl adjacent to an activating group) is 1. The van der Waals surface area contributed by atoms with E-state index in [1.165, 1.54) is 11.1 Å². The van der Waals surface area contributed by atoms with Crippen molar-refractivity contribution in [3.8, 4) is 0 Å². The standard InChI is InChI=1S/C17H21BrN2/c1-3-13-4-6-14(7-5-13)10-11-20(2)17-9-8-15(18)12-16(17)19/h4-9,12H,3,10-11,19H2,1-2H3. The molecule has 0 unspecified atom stereocenters. The van der Waals surface area contributed by atoms with Crippen molar-refractivity contribution in [2.24, 2.45) is 0 Å². The van der Waals surface area contributed by atoms with Gasteiger partial charge in [-0.3, -0.25) is 0 Å². The highest BCUT2D eigenvalue weighted by Gasteiger charge is 2.06. The average molecular weight is 333 g/mol. The van der Waals surface area contributed by atoms with E-state index < -0.39 is 0 Å². The summed E-state index contributed by atoms with van der Waals surface area (Å²) < 4.78 is 1.02. The van der Waals surface area contributed by atoms with Gasteiger partial charge in [0.15, 0.2) is 0 Å². The summed E-state index contributed by atoms with van der Waals surface area (Å²) in [5.74, 6) is 0. The molecule has 0 atom stereocenters. The van der Waals surface area contributed by atoms with Gasteiger partial charge < -0.3 is 10.6 Å². The van der Waals surface area contributed by atoms with Crippen molar-refractivity contribution >= 4 is 27.3 Å². The Bertz CT molecular complexity index is 564. The fraction of sp³-hybridized carbons (Fsp3) is 0.294. The second-order valence-corrected chi connectivity index (χ2v) is 5.96. The number of nitrogens with two attached hydrogens (primary N) is 1. The Morgan fingerprint density at radius 1 is 1.05 bits per heavy atom. The molecule has 0 aliphatic heterocycles. The molecule has 0 radical (unpaired) electrons. The summed E-state index contributed by atoms with van der Waals surface area (Å²) in [7, 11) is 2.08. The minimum absolute atomic E-state index is 0.809. The van der Waals surface area contributed by atoms with Crippen LogP contribution < -0.4 is 10.6 Å². The van der Waals surface area contributed by atoms with E-state index in [1.807, 2.05) is 12.1 Å². The summed E-state index contributed by atoms with van der Waals surface area (Å²) in [6.07, 6.45) is 2.12. The third-order valence-corrected chi connectivity index (χ3v) is 4.06. The molecule has 2 rings (SSSR count). The van der Waals surface area contributed by atoms with Gasteiger partial charge in [0.05, 0.1) is 11.4 Å². The molecule has 0 saturated carbocycles. The van der Waals surface area contributed by atoms with E-state index in [4.69, 9.17) is 5.73 Å². The summed E-state index contributed by atoms with van der Waals surface area (Å²) in [4.78, 5) is 2.20. The Balaban J connectivity index is 1.98. The largest absolute Gasteiger partial charge is 0.397 e. The van der Waals surface area contributed by atoms with Crippen LogP contribution in [-0.4, -0.2) is 13.6 Å². The van der Waals surface area contributed by atoms with Gasteiger partial charge in [-0.25, -0.2) is 0 Å². The van der Waals surface area contributed by atoms with E-state index in [0.717, 1.165) is 35.2 Å². The molecule has 0 aliphatic carbocycles. The number of anilines is 2. The lowest BCUT2D eigenvalue weighted by Gasteiger charge is -2.21. The van der Waals surface area contributed by atoms with Crippen molar-refractivity contribution in [3.05, 3.63) is 58.1 Å². The Morgan fingerprint density at radius 2 is 1.70 bits per heavy atom. The van der Waals surface area contributed by atoms with Crippen molar-refractivity contribution in [2.45, 2.75) is 19.8 Å². The van der Waals surface area contributed by atoms with Gasteiger partial charge in [0.1, 0.15) is 0 Å². The quantitative estimate of drug-likeness (QED) is 0.828. The average Bonchev–Trinajstić information content (AvgIpc) is 2.45. The van der Waals surface area contributed by atoms with Gasteiger partial charge in [-0.1, -0.05) is 47.1 Å². The molecule has 2 nitrogen and oxygen atoms in total. The third kappa shape index (κ3) is 3.76. The highest BCUT2D eigenvalue weighted by molar-refractivity contribution is 9.10. The van der Waals surface area contributed by atoms with Crippen LogP contribution >= 0.6 is 15.9 Å². The van der Waals surface area contributed by atoms with Crippen molar-refractivity contribution in [1.29, 1.82) is 0 Å². The zero-order valence-electron chi connectivity index (χ0n) is 12.1. The molecular weight excluding hydrogens is 312 g/mol. The topological polar surface area (TPSA) is 29.3 Å². The number of nitrogen functional groups attached to an aromatic ring is 1. The van der Waals surface area contributed by atoms with E-state index in [2.05, 4.69) is 65.1 Å². The van der Waals surface area contributed by atoms with E-state index >= 15 is 0 Å². The van der Waals surface area contributed by atoms with Gasteiger partial charge in [0.25, 0.3) is 0 Å². The minimum atomic E-state index is 0.809. The van der Waals surface area contributed by atoms with E-state index in [-0.39, 0.29) is 0 Å². The van der Waals surface area contributed by atoms with Gasteiger partial charge >= 0.3 is 0 Å². The predicted octanol–water partition coefficient (Wildman–Crippen LogP) is 4.27. The molecule has 0 amide bonds. The van der Waals surface area contributed by atoms with Gasteiger partial charge in [0.2, 0.25) is 0 Å². The number of nitrogens with zero attached hydrogens (tertiary/aromatic N) is 1. The molecule has 0 aromatic heterocycles. The van der Waals surface area contributed by atoms with E-state index in [1.54, 1.807) is 0 Å². The fourth-order valence-electron chi connectivity index (χ4n) is 2.23. The van der Waals surface area contributed by atoms with Crippen LogP contribution in [0.5, 0.6) is 0 Å². The molecule has 0 aliphatic rings. The molecule has 0 spiro atoms. The molecule has 20 heavy (non-hydrogen) atoms. The molecular formula is C17H21BrN2. The second-order valence-electron chi connectivity index (χ2n) is 5.04. The molecule has 2 N–H and O–H groups in total. The molecule has 0 fully saturated rings. The Morgan fingerprint density at radius 3 is 2.30 bits per heavy atom. The number of rotatable bonds is 5. The smallest absolute Gasteiger partial charge is 0.0598 e. The first-order chi connectivity index (χ1) is 9.60. The lowest BCUT2D eigenvalue weighted by atomic mass is 10.1. The van der Waals surface area contributed by atoms with Crippen LogP contribution in [0.3, 0.4) is 0 Å². The molecule has 0 saturated heterocycles. The van der Waals surface area contributed by atoms with Gasteiger partial charge in [-0.05, 0) is 42.2 Å². The van der Waals surface area contributed by atoms with Crippen LogP contribution in [0.4, 0.5) is 11.4 Å². The van der Waals surface area contributed by atoms with Gasteiger partial charge in [0, 0.05) is 18.1 Å². The number of halogens is 1. The molecule has 0 heterocycles. The molecule has 0 bridgehead atoms. The van der Waals surface area contributed by atoms with Crippen LogP contribution in [-0.2, 0) is 12.8 Å². The maximum Gasteiger partial charge on any atom is 0.0598 e. The molecule has 2 aromatic carbocycles.